The molecule has 0 spiro atoms. The Kier molecular flexibility index (Phi) is 3.99. The number of nitrogens with zero attached hydrogens (tertiary/aromatic N) is 3. The van der Waals surface area contributed by atoms with Crippen LogP contribution in [0.3, 0.4) is 0 Å². The molecule has 1 aliphatic rings. The normalized spacial score (nSPS) is 24.9. The number of anilines is 1. The van der Waals surface area contributed by atoms with Gasteiger partial charge in [-0.1, -0.05) is 12.8 Å². The number of nitrogens with two attached hydrogens (primary N) is 1. The van der Waals surface area contributed by atoms with E-state index in [1.165, 1.54) is 12.8 Å². The smallest absolute Gasteiger partial charge is 0.224 e. The largest absolute Gasteiger partial charge is 0.355 e. The minimum atomic E-state index is 0.243. The lowest BCUT2D eigenvalue weighted by atomic mass is 9.84. The monoisotopic (exact) mass is 237 g/mol. The van der Waals surface area contributed by atoms with Crippen LogP contribution in [0.4, 0.5) is 5.95 Å². The maximum atomic E-state index is 6.22. The van der Waals surface area contributed by atoms with E-state index in [0.717, 1.165) is 37.7 Å². The molecule has 2 unspecified atom stereocenters. The molecule has 0 amide bonds. The second kappa shape index (κ2) is 5.49. The average Bonchev–Trinajstić information content (AvgIpc) is 2.73. The fourth-order valence-corrected chi connectivity index (χ4v) is 2.67. The summed E-state index contributed by atoms with van der Waals surface area (Å²) in [6.07, 6.45) is 4.76. The van der Waals surface area contributed by atoms with Crippen molar-refractivity contribution in [2.75, 3.05) is 11.9 Å². The molecule has 2 rings (SSSR count). The zero-order valence-corrected chi connectivity index (χ0v) is 10.8. The Morgan fingerprint density at radius 3 is 2.71 bits per heavy atom. The van der Waals surface area contributed by atoms with Gasteiger partial charge in [0.05, 0.1) is 0 Å². The Morgan fingerprint density at radius 2 is 2.06 bits per heavy atom. The molecule has 96 valence electrons. The second-order valence-electron chi connectivity index (χ2n) is 4.71. The Labute approximate surface area is 103 Å². The van der Waals surface area contributed by atoms with Crippen molar-refractivity contribution < 1.29 is 0 Å². The Balaban J connectivity index is 2.24. The third kappa shape index (κ3) is 2.44. The summed E-state index contributed by atoms with van der Waals surface area (Å²) in [7, 11) is 0. The van der Waals surface area contributed by atoms with Crippen LogP contribution in [-0.4, -0.2) is 27.4 Å². The lowest BCUT2D eigenvalue weighted by molar-refractivity contribution is 0.364. The highest BCUT2D eigenvalue weighted by Crippen LogP contribution is 2.31. The summed E-state index contributed by atoms with van der Waals surface area (Å²) in [6, 6.07) is 0.243. The topological polar surface area (TPSA) is 68.8 Å². The van der Waals surface area contributed by atoms with Gasteiger partial charge in [0.15, 0.2) is 0 Å². The quantitative estimate of drug-likeness (QED) is 0.836. The highest BCUT2D eigenvalue weighted by atomic mass is 15.4. The first-order chi connectivity index (χ1) is 8.27. The van der Waals surface area contributed by atoms with Gasteiger partial charge in [0.1, 0.15) is 5.82 Å². The summed E-state index contributed by atoms with van der Waals surface area (Å²) in [5.74, 6) is 2.32. The molecule has 0 bridgehead atoms. The van der Waals surface area contributed by atoms with Crippen molar-refractivity contribution in [3.63, 3.8) is 0 Å². The third-order valence-corrected chi connectivity index (χ3v) is 3.58. The fraction of sp³-hybridized carbons (Fsp3) is 0.833. The van der Waals surface area contributed by atoms with Crippen molar-refractivity contribution >= 4 is 5.95 Å². The summed E-state index contributed by atoms with van der Waals surface area (Å²) in [6.45, 7) is 5.96. The van der Waals surface area contributed by atoms with Crippen molar-refractivity contribution in [3.05, 3.63) is 5.82 Å². The molecular weight excluding hydrogens is 214 g/mol. The Bertz CT molecular complexity index is 360. The van der Waals surface area contributed by atoms with Gasteiger partial charge in [-0.3, -0.25) is 4.57 Å². The van der Waals surface area contributed by atoms with Gasteiger partial charge in [-0.25, -0.2) is 0 Å². The molecular formula is C12H23N5. The van der Waals surface area contributed by atoms with E-state index in [-0.39, 0.29) is 6.04 Å². The maximum Gasteiger partial charge on any atom is 0.224 e. The minimum Gasteiger partial charge on any atom is -0.355 e. The SMILES string of the molecule is CCNc1nnc(C2CCCCC2N)n1CC. The molecule has 0 aliphatic heterocycles. The zero-order chi connectivity index (χ0) is 12.3. The standard InChI is InChI=1S/C12H23N5/c1-3-14-12-16-15-11(17(12)4-2)9-7-5-6-8-10(9)13/h9-10H,3-8,13H2,1-2H3,(H,14,16). The van der Waals surface area contributed by atoms with Crippen LogP contribution in [-0.2, 0) is 6.54 Å². The van der Waals surface area contributed by atoms with Crippen LogP contribution in [0.1, 0.15) is 51.3 Å². The Morgan fingerprint density at radius 1 is 1.29 bits per heavy atom. The van der Waals surface area contributed by atoms with Crippen molar-refractivity contribution in [1.82, 2.24) is 14.8 Å². The van der Waals surface area contributed by atoms with Gasteiger partial charge < -0.3 is 11.1 Å². The van der Waals surface area contributed by atoms with E-state index in [2.05, 4.69) is 33.9 Å². The summed E-state index contributed by atoms with van der Waals surface area (Å²) in [4.78, 5) is 0. The van der Waals surface area contributed by atoms with Gasteiger partial charge in [-0.15, -0.1) is 10.2 Å². The van der Waals surface area contributed by atoms with Crippen LogP contribution >= 0.6 is 0 Å². The van der Waals surface area contributed by atoms with Crippen molar-refractivity contribution in [1.29, 1.82) is 0 Å². The Hall–Kier alpha value is -1.10. The highest BCUT2D eigenvalue weighted by molar-refractivity contribution is 5.27. The summed E-state index contributed by atoms with van der Waals surface area (Å²) in [5.41, 5.74) is 6.22. The summed E-state index contributed by atoms with van der Waals surface area (Å²) >= 11 is 0. The molecule has 2 atom stereocenters. The molecule has 1 heterocycles. The maximum absolute atomic E-state index is 6.22. The van der Waals surface area contributed by atoms with Crippen LogP contribution < -0.4 is 11.1 Å². The second-order valence-corrected chi connectivity index (χ2v) is 4.71. The van der Waals surface area contributed by atoms with E-state index in [4.69, 9.17) is 5.73 Å². The number of hydrogen-bond acceptors (Lipinski definition) is 4. The number of hydrogen-bond donors (Lipinski definition) is 2. The molecule has 5 heteroatoms. The first kappa shape index (κ1) is 12.4. The zero-order valence-electron chi connectivity index (χ0n) is 10.8. The van der Waals surface area contributed by atoms with Crippen LogP contribution in [0.25, 0.3) is 0 Å². The van der Waals surface area contributed by atoms with Crippen LogP contribution in [0.5, 0.6) is 0 Å². The van der Waals surface area contributed by atoms with E-state index >= 15 is 0 Å². The summed E-state index contributed by atoms with van der Waals surface area (Å²) < 4.78 is 2.17. The molecule has 3 N–H and O–H groups in total. The first-order valence-corrected chi connectivity index (χ1v) is 6.70. The molecule has 1 aliphatic carbocycles. The van der Waals surface area contributed by atoms with E-state index in [0.29, 0.717) is 5.92 Å². The molecule has 0 aromatic carbocycles. The van der Waals surface area contributed by atoms with Gasteiger partial charge in [0.25, 0.3) is 0 Å². The molecule has 1 saturated carbocycles. The van der Waals surface area contributed by atoms with Crippen LogP contribution in [0, 0.1) is 0 Å². The van der Waals surface area contributed by atoms with Crippen molar-refractivity contribution in [2.24, 2.45) is 5.73 Å². The number of aromatic nitrogens is 3. The van der Waals surface area contributed by atoms with Crippen LogP contribution in [0.2, 0.25) is 0 Å². The molecule has 1 aromatic heterocycles. The van der Waals surface area contributed by atoms with E-state index in [1.807, 2.05) is 0 Å². The molecule has 5 nitrogen and oxygen atoms in total. The van der Waals surface area contributed by atoms with E-state index in [1.54, 1.807) is 0 Å². The van der Waals surface area contributed by atoms with Crippen LogP contribution in [0.15, 0.2) is 0 Å². The molecule has 17 heavy (non-hydrogen) atoms. The molecule has 1 aromatic rings. The van der Waals surface area contributed by atoms with E-state index < -0.39 is 0 Å². The summed E-state index contributed by atoms with van der Waals surface area (Å²) in [5, 5.41) is 11.8. The first-order valence-electron chi connectivity index (χ1n) is 6.70. The fourth-order valence-electron chi connectivity index (χ4n) is 2.67. The minimum absolute atomic E-state index is 0.243. The van der Waals surface area contributed by atoms with Gasteiger partial charge in [0.2, 0.25) is 5.95 Å². The molecule has 0 saturated heterocycles. The van der Waals surface area contributed by atoms with Gasteiger partial charge in [-0.05, 0) is 26.7 Å². The van der Waals surface area contributed by atoms with Gasteiger partial charge in [0, 0.05) is 25.0 Å². The predicted molar refractivity (Wildman–Crippen MR) is 69.0 cm³/mol. The highest BCUT2D eigenvalue weighted by Gasteiger charge is 2.28. The van der Waals surface area contributed by atoms with Gasteiger partial charge in [-0.2, -0.15) is 0 Å². The predicted octanol–water partition coefficient (Wildman–Crippen LogP) is 1.71. The van der Waals surface area contributed by atoms with Gasteiger partial charge >= 0.3 is 0 Å². The number of nitrogens with one attached hydrogen (secondary N) is 1. The van der Waals surface area contributed by atoms with Crippen molar-refractivity contribution in [2.45, 2.75) is 58.0 Å². The number of rotatable bonds is 4. The molecule has 1 fully saturated rings. The third-order valence-electron chi connectivity index (χ3n) is 3.58. The van der Waals surface area contributed by atoms with E-state index in [9.17, 15) is 0 Å². The van der Waals surface area contributed by atoms with Crippen molar-refractivity contribution in [3.8, 4) is 0 Å². The lowest BCUT2D eigenvalue weighted by Crippen LogP contribution is -2.33. The molecule has 0 radical (unpaired) electrons. The average molecular weight is 237 g/mol. The lowest BCUT2D eigenvalue weighted by Gasteiger charge is -2.28.